The molecule has 0 spiro atoms. The average Bonchev–Trinajstić information content (AvgIpc) is 2.81. The van der Waals surface area contributed by atoms with Gasteiger partial charge in [-0.1, -0.05) is 62.4 Å². The zero-order valence-electron chi connectivity index (χ0n) is 22.1. The summed E-state index contributed by atoms with van der Waals surface area (Å²) in [5.41, 5.74) is 4.27. The van der Waals surface area contributed by atoms with Crippen LogP contribution in [0.15, 0.2) is 48.5 Å². The molecule has 2 unspecified atom stereocenters. The number of hydrogen-bond acceptors (Lipinski definition) is 2. The van der Waals surface area contributed by atoms with Crippen LogP contribution >= 0.6 is 0 Å². The largest absolute Gasteiger partial charge is 0.342 e. The molecule has 1 heterocycles. The fourth-order valence-corrected chi connectivity index (χ4v) is 5.46. The Morgan fingerprint density at radius 2 is 1.60 bits per heavy atom. The number of anilines is 1. The van der Waals surface area contributed by atoms with E-state index in [0.717, 1.165) is 75.2 Å². The standard InChI is InChI=1S/C29H41N3O2.Y/c1-5-17-31(18-6-2)29(34)26-16-11-19-32(21-26,20-25-14-8-7-9-15-25)22-27(33)30-28-23(3)12-10-13-24(28)4;/h7-10,12-15,26H,5-6,11,16-22H2,1-4H3;/p+1. The van der Waals surface area contributed by atoms with Gasteiger partial charge in [0.15, 0.2) is 6.54 Å². The fourth-order valence-electron chi connectivity index (χ4n) is 5.46. The predicted molar refractivity (Wildman–Crippen MR) is 139 cm³/mol. The first kappa shape index (κ1) is 29.7. The van der Waals surface area contributed by atoms with Crippen LogP contribution < -0.4 is 5.32 Å². The van der Waals surface area contributed by atoms with Crippen molar-refractivity contribution in [2.75, 3.05) is 38.0 Å². The molecule has 1 aliphatic rings. The Bertz CT molecular complexity index is 939. The molecule has 1 aliphatic heterocycles. The third-order valence-corrected chi connectivity index (χ3v) is 7.03. The van der Waals surface area contributed by atoms with Gasteiger partial charge in [0.2, 0.25) is 5.91 Å². The molecule has 5 nitrogen and oxygen atoms in total. The summed E-state index contributed by atoms with van der Waals surface area (Å²) in [5, 5.41) is 3.19. The number of nitrogens with one attached hydrogen (secondary N) is 1. The molecule has 6 heteroatoms. The summed E-state index contributed by atoms with van der Waals surface area (Å²) in [6.07, 6.45) is 3.82. The van der Waals surface area contributed by atoms with Crippen LogP contribution in [0.2, 0.25) is 0 Å². The van der Waals surface area contributed by atoms with Gasteiger partial charge < -0.3 is 14.7 Å². The molecule has 187 valence electrons. The Morgan fingerprint density at radius 3 is 2.20 bits per heavy atom. The summed E-state index contributed by atoms with van der Waals surface area (Å²) in [4.78, 5) is 28.9. The van der Waals surface area contributed by atoms with Gasteiger partial charge in [-0.05, 0) is 50.7 Å². The molecule has 1 fully saturated rings. The van der Waals surface area contributed by atoms with E-state index in [-0.39, 0.29) is 50.4 Å². The summed E-state index contributed by atoms with van der Waals surface area (Å²) >= 11 is 0. The van der Waals surface area contributed by atoms with Gasteiger partial charge >= 0.3 is 0 Å². The van der Waals surface area contributed by atoms with Crippen LogP contribution in [0.1, 0.15) is 56.2 Å². The molecule has 0 saturated carbocycles. The van der Waals surface area contributed by atoms with Crippen LogP contribution in [0.5, 0.6) is 0 Å². The third kappa shape index (κ3) is 8.23. The summed E-state index contributed by atoms with van der Waals surface area (Å²) in [7, 11) is 0. The van der Waals surface area contributed by atoms with Crippen molar-refractivity contribution >= 4 is 17.5 Å². The fraction of sp³-hybridized carbons (Fsp3) is 0.517. The summed E-state index contributed by atoms with van der Waals surface area (Å²) in [6, 6.07) is 16.5. The van der Waals surface area contributed by atoms with Crippen LogP contribution in [0.3, 0.4) is 0 Å². The van der Waals surface area contributed by atoms with Crippen molar-refractivity contribution in [2.24, 2.45) is 5.92 Å². The van der Waals surface area contributed by atoms with Gasteiger partial charge in [-0.15, -0.1) is 0 Å². The molecule has 2 atom stereocenters. The van der Waals surface area contributed by atoms with Crippen molar-refractivity contribution in [2.45, 2.75) is 59.9 Å². The molecule has 2 aromatic carbocycles. The molecule has 0 aliphatic carbocycles. The van der Waals surface area contributed by atoms with E-state index in [4.69, 9.17) is 0 Å². The zero-order valence-corrected chi connectivity index (χ0v) is 24.9. The molecule has 0 aromatic heterocycles. The van der Waals surface area contributed by atoms with E-state index in [1.807, 2.05) is 43.0 Å². The van der Waals surface area contributed by atoms with E-state index in [2.05, 4.69) is 43.4 Å². The molecular formula is C29H42N3O2Y+. The van der Waals surface area contributed by atoms with Crippen LogP contribution in [0.25, 0.3) is 0 Å². The van der Waals surface area contributed by atoms with Crippen molar-refractivity contribution in [3.63, 3.8) is 0 Å². The minimum Gasteiger partial charge on any atom is -0.342 e. The quantitative estimate of drug-likeness (QED) is 0.406. The van der Waals surface area contributed by atoms with Crippen molar-refractivity contribution in [1.29, 1.82) is 0 Å². The number of aryl methyl sites for hydroxylation is 2. The van der Waals surface area contributed by atoms with Crippen molar-refractivity contribution in [1.82, 2.24) is 4.90 Å². The van der Waals surface area contributed by atoms with Crippen LogP contribution in [-0.2, 0) is 48.8 Å². The van der Waals surface area contributed by atoms with Gasteiger partial charge in [0.25, 0.3) is 5.91 Å². The van der Waals surface area contributed by atoms with Crippen molar-refractivity contribution in [3.05, 3.63) is 65.2 Å². The number of rotatable bonds is 10. The number of likely N-dealkylation sites (tertiary alicyclic amines) is 1. The van der Waals surface area contributed by atoms with E-state index in [1.54, 1.807) is 0 Å². The molecule has 2 aromatic rings. The number of piperidine rings is 1. The predicted octanol–water partition coefficient (Wildman–Crippen LogP) is 5.32. The molecule has 0 bridgehead atoms. The van der Waals surface area contributed by atoms with Gasteiger partial charge in [-0.2, -0.15) is 0 Å². The molecule has 2 amide bonds. The molecule has 1 saturated heterocycles. The van der Waals surface area contributed by atoms with Crippen molar-refractivity contribution in [3.8, 4) is 0 Å². The number of nitrogens with zero attached hydrogens (tertiary/aromatic N) is 2. The van der Waals surface area contributed by atoms with Gasteiger partial charge in [0.1, 0.15) is 6.54 Å². The Balaban J connectivity index is 0.00000432. The number of hydrogen-bond donors (Lipinski definition) is 1. The number of para-hydroxylation sites is 1. The van der Waals surface area contributed by atoms with Gasteiger partial charge in [-0.3, -0.25) is 9.59 Å². The first-order chi connectivity index (χ1) is 16.4. The second kappa shape index (κ2) is 14.3. The Kier molecular flexibility index (Phi) is 12.1. The SMILES string of the molecule is CCCN(CCC)C(=O)C1CCC[N+](CC(=O)Nc2c(C)cccc2C)(Cc2ccccc2)C1.[Y]. The summed E-state index contributed by atoms with van der Waals surface area (Å²) in [6.45, 7) is 12.7. The Labute approximate surface area is 237 Å². The van der Waals surface area contributed by atoms with E-state index in [9.17, 15) is 9.59 Å². The van der Waals surface area contributed by atoms with E-state index in [0.29, 0.717) is 11.0 Å². The van der Waals surface area contributed by atoms with Crippen molar-refractivity contribution < 1.29 is 46.8 Å². The second-order valence-corrected chi connectivity index (χ2v) is 10.0. The van der Waals surface area contributed by atoms with E-state index < -0.39 is 0 Å². The smallest absolute Gasteiger partial charge is 0.279 e. The topological polar surface area (TPSA) is 49.4 Å². The molecule has 1 radical (unpaired) electrons. The number of quaternary nitrogens is 1. The second-order valence-electron chi connectivity index (χ2n) is 10.0. The van der Waals surface area contributed by atoms with Gasteiger partial charge in [-0.25, -0.2) is 0 Å². The minimum absolute atomic E-state index is 0. The zero-order chi connectivity index (χ0) is 24.6. The normalized spacial score (nSPS) is 19.5. The third-order valence-electron chi connectivity index (χ3n) is 7.03. The number of carbonyl (C=O) groups excluding carboxylic acids is 2. The average molecular weight is 554 g/mol. The summed E-state index contributed by atoms with van der Waals surface area (Å²) in [5.74, 6) is 0.276. The summed E-state index contributed by atoms with van der Waals surface area (Å²) < 4.78 is 0.628. The van der Waals surface area contributed by atoms with E-state index in [1.165, 1.54) is 5.56 Å². The molecule has 3 rings (SSSR count). The number of carbonyl (C=O) groups is 2. The van der Waals surface area contributed by atoms with Gasteiger partial charge in [0, 0.05) is 57.0 Å². The monoisotopic (exact) mass is 553 g/mol. The molecular weight excluding hydrogens is 511 g/mol. The maximum absolute atomic E-state index is 13.5. The molecule has 1 N–H and O–H groups in total. The maximum atomic E-state index is 13.5. The van der Waals surface area contributed by atoms with Crippen LogP contribution in [0, 0.1) is 19.8 Å². The molecule has 35 heavy (non-hydrogen) atoms. The van der Waals surface area contributed by atoms with Gasteiger partial charge in [0.05, 0.1) is 19.0 Å². The van der Waals surface area contributed by atoms with E-state index >= 15 is 0 Å². The number of amides is 2. The minimum atomic E-state index is -0.0245. The Morgan fingerprint density at radius 1 is 0.971 bits per heavy atom. The number of benzene rings is 2. The van der Waals surface area contributed by atoms with Crippen LogP contribution in [0.4, 0.5) is 5.69 Å². The first-order valence-electron chi connectivity index (χ1n) is 12.9. The maximum Gasteiger partial charge on any atom is 0.279 e. The van der Waals surface area contributed by atoms with Crippen LogP contribution in [-0.4, -0.2) is 53.9 Å². The Hall–Kier alpha value is -1.56. The first-order valence-corrected chi connectivity index (χ1v) is 12.9.